The second kappa shape index (κ2) is 5.21. The normalized spacial score (nSPS) is 12.5. The minimum absolute atomic E-state index is 0.239. The van der Waals surface area contributed by atoms with Crippen LogP contribution in [0, 0.1) is 6.92 Å². The summed E-state index contributed by atoms with van der Waals surface area (Å²) < 4.78 is 4.90. The van der Waals surface area contributed by atoms with Crippen LogP contribution in [0.4, 0.5) is 0 Å². The van der Waals surface area contributed by atoms with Crippen molar-refractivity contribution in [1.29, 1.82) is 0 Å². The number of hydrogen-bond acceptors (Lipinski definition) is 4. The summed E-state index contributed by atoms with van der Waals surface area (Å²) in [5.41, 5.74) is 1.31. The summed E-state index contributed by atoms with van der Waals surface area (Å²) in [7, 11) is 0. The Balaban J connectivity index is 1.80. The number of amides is 1. The highest BCUT2D eigenvalue weighted by Crippen LogP contribution is 2.20. The number of fused-ring (bicyclic) bond motifs is 1. The molecule has 0 aliphatic carbocycles. The second-order valence-corrected chi connectivity index (χ2v) is 5.22. The molecule has 1 unspecified atom stereocenters. The standard InChI is InChI=1S/C14H13ClN4O2/c1-7(13-17-8(2)21-19-13)16-14(20)12-6-9-5-10(15)3-4-11(9)18-12/h3-7,18H,1-2H3,(H,16,20). The maximum Gasteiger partial charge on any atom is 0.268 e. The highest BCUT2D eigenvalue weighted by molar-refractivity contribution is 6.31. The molecular weight excluding hydrogens is 292 g/mol. The summed E-state index contributed by atoms with van der Waals surface area (Å²) in [5.74, 6) is 0.670. The zero-order chi connectivity index (χ0) is 15.0. The fraction of sp³-hybridized carbons (Fsp3) is 0.214. The third kappa shape index (κ3) is 2.75. The summed E-state index contributed by atoms with van der Waals surface area (Å²) in [6.07, 6.45) is 0. The number of nitrogens with one attached hydrogen (secondary N) is 2. The van der Waals surface area contributed by atoms with Crippen molar-refractivity contribution in [2.45, 2.75) is 19.9 Å². The van der Waals surface area contributed by atoms with Crippen LogP contribution in [0.15, 0.2) is 28.8 Å². The molecule has 1 atom stereocenters. The van der Waals surface area contributed by atoms with Crippen LogP contribution in [-0.2, 0) is 0 Å². The molecule has 7 heteroatoms. The Morgan fingerprint density at radius 1 is 1.43 bits per heavy atom. The lowest BCUT2D eigenvalue weighted by Crippen LogP contribution is -2.27. The molecule has 21 heavy (non-hydrogen) atoms. The Kier molecular flexibility index (Phi) is 3.39. The van der Waals surface area contributed by atoms with Crippen molar-refractivity contribution in [3.8, 4) is 0 Å². The number of aryl methyl sites for hydroxylation is 1. The number of aromatic amines is 1. The van der Waals surface area contributed by atoms with Gasteiger partial charge in [0.1, 0.15) is 5.69 Å². The van der Waals surface area contributed by atoms with Crippen molar-refractivity contribution in [2.75, 3.05) is 0 Å². The molecule has 2 heterocycles. The molecule has 3 aromatic rings. The quantitative estimate of drug-likeness (QED) is 0.779. The summed E-state index contributed by atoms with van der Waals surface area (Å²) in [6.45, 7) is 3.49. The van der Waals surface area contributed by atoms with E-state index < -0.39 is 0 Å². The van der Waals surface area contributed by atoms with Crippen molar-refractivity contribution in [3.63, 3.8) is 0 Å². The Labute approximate surface area is 125 Å². The van der Waals surface area contributed by atoms with Crippen LogP contribution in [-0.4, -0.2) is 21.0 Å². The van der Waals surface area contributed by atoms with Crippen molar-refractivity contribution in [1.82, 2.24) is 20.4 Å². The van der Waals surface area contributed by atoms with Gasteiger partial charge >= 0.3 is 0 Å². The van der Waals surface area contributed by atoms with E-state index in [4.69, 9.17) is 16.1 Å². The van der Waals surface area contributed by atoms with Crippen LogP contribution in [0.2, 0.25) is 5.02 Å². The monoisotopic (exact) mass is 304 g/mol. The van der Waals surface area contributed by atoms with E-state index in [1.807, 2.05) is 6.07 Å². The fourth-order valence-corrected chi connectivity index (χ4v) is 2.24. The number of carbonyl (C=O) groups is 1. The highest BCUT2D eigenvalue weighted by atomic mass is 35.5. The molecule has 0 saturated heterocycles. The number of rotatable bonds is 3. The molecule has 0 saturated carbocycles. The maximum absolute atomic E-state index is 12.2. The van der Waals surface area contributed by atoms with Gasteiger partial charge in [-0.15, -0.1) is 0 Å². The Hall–Kier alpha value is -2.34. The Morgan fingerprint density at radius 3 is 2.95 bits per heavy atom. The molecule has 108 valence electrons. The summed E-state index contributed by atoms with van der Waals surface area (Å²) in [5, 5.41) is 8.12. The molecule has 0 spiro atoms. The highest BCUT2D eigenvalue weighted by Gasteiger charge is 2.17. The molecule has 0 fully saturated rings. The van der Waals surface area contributed by atoms with Crippen LogP contribution < -0.4 is 5.32 Å². The molecular formula is C14H13ClN4O2. The predicted molar refractivity (Wildman–Crippen MR) is 78.2 cm³/mol. The van der Waals surface area contributed by atoms with E-state index in [9.17, 15) is 4.79 Å². The zero-order valence-electron chi connectivity index (χ0n) is 11.5. The lowest BCUT2D eigenvalue weighted by Gasteiger charge is -2.08. The van der Waals surface area contributed by atoms with Crippen molar-refractivity contribution < 1.29 is 9.32 Å². The van der Waals surface area contributed by atoms with E-state index in [-0.39, 0.29) is 11.9 Å². The van der Waals surface area contributed by atoms with Gasteiger partial charge in [-0.25, -0.2) is 0 Å². The van der Waals surface area contributed by atoms with Gasteiger partial charge in [0.2, 0.25) is 5.89 Å². The van der Waals surface area contributed by atoms with Crippen molar-refractivity contribution in [2.24, 2.45) is 0 Å². The van der Waals surface area contributed by atoms with Crippen molar-refractivity contribution in [3.05, 3.63) is 46.7 Å². The van der Waals surface area contributed by atoms with Gasteiger partial charge < -0.3 is 14.8 Å². The van der Waals surface area contributed by atoms with Crippen LogP contribution in [0.1, 0.15) is 35.2 Å². The number of nitrogens with zero attached hydrogens (tertiary/aromatic N) is 2. The fourth-order valence-electron chi connectivity index (χ4n) is 2.06. The summed E-state index contributed by atoms with van der Waals surface area (Å²) >= 11 is 5.93. The molecule has 1 amide bonds. The molecule has 0 radical (unpaired) electrons. The minimum Gasteiger partial charge on any atom is -0.351 e. The molecule has 0 aliphatic heterocycles. The molecule has 3 rings (SSSR count). The lowest BCUT2D eigenvalue weighted by molar-refractivity contribution is 0.0933. The number of H-pyrrole nitrogens is 1. The van der Waals surface area contributed by atoms with Gasteiger partial charge in [-0.05, 0) is 31.2 Å². The molecule has 2 N–H and O–H groups in total. The first-order valence-corrected chi connectivity index (χ1v) is 6.80. The van der Waals surface area contributed by atoms with E-state index in [2.05, 4.69) is 20.4 Å². The number of hydrogen-bond donors (Lipinski definition) is 2. The maximum atomic E-state index is 12.2. The summed E-state index contributed by atoms with van der Waals surface area (Å²) in [4.78, 5) is 19.4. The average molecular weight is 305 g/mol. The van der Waals surface area contributed by atoms with Gasteiger partial charge in [0.05, 0.1) is 6.04 Å². The summed E-state index contributed by atoms with van der Waals surface area (Å²) in [6, 6.07) is 6.82. The molecule has 6 nitrogen and oxygen atoms in total. The van der Waals surface area contributed by atoms with E-state index in [0.717, 1.165) is 10.9 Å². The number of halogens is 1. The van der Waals surface area contributed by atoms with Gasteiger partial charge in [-0.1, -0.05) is 16.8 Å². The van der Waals surface area contributed by atoms with Gasteiger partial charge in [-0.3, -0.25) is 4.79 Å². The molecule has 1 aromatic carbocycles. The van der Waals surface area contributed by atoms with E-state index in [1.165, 1.54) is 0 Å². The van der Waals surface area contributed by atoms with Gasteiger partial charge in [-0.2, -0.15) is 4.98 Å². The van der Waals surface area contributed by atoms with Gasteiger partial charge in [0, 0.05) is 22.8 Å². The largest absolute Gasteiger partial charge is 0.351 e. The van der Waals surface area contributed by atoms with E-state index in [0.29, 0.717) is 22.4 Å². The zero-order valence-corrected chi connectivity index (χ0v) is 12.2. The molecule has 0 bridgehead atoms. The van der Waals surface area contributed by atoms with Crippen LogP contribution in [0.3, 0.4) is 0 Å². The lowest BCUT2D eigenvalue weighted by atomic mass is 10.2. The Morgan fingerprint density at radius 2 is 2.24 bits per heavy atom. The number of aromatic nitrogens is 3. The first-order valence-electron chi connectivity index (χ1n) is 6.42. The van der Waals surface area contributed by atoms with E-state index in [1.54, 1.807) is 32.0 Å². The van der Waals surface area contributed by atoms with Crippen molar-refractivity contribution >= 4 is 28.4 Å². The minimum atomic E-state index is -0.343. The first kappa shape index (κ1) is 13.6. The predicted octanol–water partition coefficient (Wildman–Crippen LogP) is 3.00. The smallest absolute Gasteiger partial charge is 0.268 e. The molecule has 2 aromatic heterocycles. The van der Waals surface area contributed by atoms with Gasteiger partial charge in [0.25, 0.3) is 5.91 Å². The van der Waals surface area contributed by atoms with Crippen LogP contribution in [0.5, 0.6) is 0 Å². The SMILES string of the molecule is Cc1nc(C(C)NC(=O)c2cc3cc(Cl)ccc3[nH]2)no1. The van der Waals surface area contributed by atoms with E-state index >= 15 is 0 Å². The first-order chi connectivity index (χ1) is 10.0. The number of benzene rings is 1. The third-order valence-electron chi connectivity index (χ3n) is 3.11. The topological polar surface area (TPSA) is 83.8 Å². The van der Waals surface area contributed by atoms with Crippen LogP contribution in [0.25, 0.3) is 10.9 Å². The third-order valence-corrected chi connectivity index (χ3v) is 3.34. The van der Waals surface area contributed by atoms with Crippen LogP contribution >= 0.6 is 11.6 Å². The second-order valence-electron chi connectivity index (χ2n) is 4.78. The average Bonchev–Trinajstić information content (AvgIpc) is 3.04. The number of carbonyl (C=O) groups excluding carboxylic acids is 1. The Bertz CT molecular complexity index is 808. The molecule has 0 aliphatic rings. The van der Waals surface area contributed by atoms with Gasteiger partial charge in [0.15, 0.2) is 5.82 Å².